The van der Waals surface area contributed by atoms with E-state index in [9.17, 15) is 4.79 Å². The number of unbranched alkanes of at least 4 members (excludes halogenated alkanes) is 3. The molecule has 1 atom stereocenters. The molecule has 0 aliphatic carbocycles. The Morgan fingerprint density at radius 2 is 1.90 bits per heavy atom. The first-order valence-corrected chi connectivity index (χ1v) is 7.83. The number of rotatable bonds is 10. The number of anilines is 1. The number of hydrogen-bond acceptors (Lipinski definition) is 3. The van der Waals surface area contributed by atoms with E-state index in [4.69, 9.17) is 4.74 Å². The molecule has 0 radical (unpaired) electrons. The summed E-state index contributed by atoms with van der Waals surface area (Å²) >= 11 is 0. The van der Waals surface area contributed by atoms with E-state index in [-0.39, 0.29) is 5.91 Å². The quantitative estimate of drug-likeness (QED) is 0.648. The van der Waals surface area contributed by atoms with Gasteiger partial charge in [-0.2, -0.15) is 0 Å². The van der Waals surface area contributed by atoms with E-state index in [0.29, 0.717) is 12.6 Å². The van der Waals surface area contributed by atoms with Crippen molar-refractivity contribution in [2.45, 2.75) is 52.0 Å². The molecule has 1 aromatic carbocycles. The van der Waals surface area contributed by atoms with Crippen LogP contribution in [0.15, 0.2) is 24.3 Å². The summed E-state index contributed by atoms with van der Waals surface area (Å²) in [6.07, 6.45) is 6.18. The number of ether oxygens (including phenoxy) is 1. The van der Waals surface area contributed by atoms with Crippen molar-refractivity contribution >= 4 is 11.6 Å². The summed E-state index contributed by atoms with van der Waals surface area (Å²) in [4.78, 5) is 11.8. The van der Waals surface area contributed by atoms with Gasteiger partial charge in [-0.3, -0.25) is 4.79 Å². The summed E-state index contributed by atoms with van der Waals surface area (Å²) in [5, 5.41) is 6.13. The van der Waals surface area contributed by atoms with E-state index in [1.54, 1.807) is 7.11 Å². The Morgan fingerprint density at radius 1 is 1.19 bits per heavy atom. The van der Waals surface area contributed by atoms with Crippen LogP contribution >= 0.6 is 0 Å². The van der Waals surface area contributed by atoms with Gasteiger partial charge in [-0.15, -0.1) is 0 Å². The molecular formula is C17H28N2O2. The lowest BCUT2D eigenvalue weighted by Gasteiger charge is -2.13. The molecule has 0 aromatic heterocycles. The third kappa shape index (κ3) is 7.71. The second-order valence-corrected chi connectivity index (χ2v) is 5.41. The van der Waals surface area contributed by atoms with Gasteiger partial charge in [0.1, 0.15) is 5.75 Å². The topological polar surface area (TPSA) is 50.4 Å². The average molecular weight is 292 g/mol. The minimum atomic E-state index is -0.0134. The zero-order chi connectivity index (χ0) is 15.5. The maximum atomic E-state index is 11.8. The van der Waals surface area contributed by atoms with Gasteiger partial charge in [0.05, 0.1) is 13.7 Å². The molecule has 4 heteroatoms. The van der Waals surface area contributed by atoms with E-state index in [1.165, 1.54) is 25.7 Å². The molecule has 1 amide bonds. The summed E-state index contributed by atoms with van der Waals surface area (Å²) < 4.78 is 5.08. The first kappa shape index (κ1) is 17.5. The lowest BCUT2D eigenvalue weighted by molar-refractivity contribution is -0.115. The Balaban J connectivity index is 2.20. The van der Waals surface area contributed by atoms with Crippen molar-refractivity contribution in [3.05, 3.63) is 24.3 Å². The fourth-order valence-electron chi connectivity index (χ4n) is 2.13. The molecule has 0 saturated carbocycles. The van der Waals surface area contributed by atoms with Crippen molar-refractivity contribution < 1.29 is 9.53 Å². The third-order valence-corrected chi connectivity index (χ3v) is 3.48. The lowest BCUT2D eigenvalue weighted by Crippen LogP contribution is -2.34. The number of hydrogen-bond donors (Lipinski definition) is 2. The van der Waals surface area contributed by atoms with Crippen LogP contribution in [-0.4, -0.2) is 25.6 Å². The molecular weight excluding hydrogens is 264 g/mol. The molecule has 21 heavy (non-hydrogen) atoms. The largest absolute Gasteiger partial charge is 0.497 e. The van der Waals surface area contributed by atoms with Gasteiger partial charge in [0.15, 0.2) is 0 Å². The van der Waals surface area contributed by atoms with E-state index in [2.05, 4.69) is 24.5 Å². The van der Waals surface area contributed by atoms with Crippen molar-refractivity contribution in [2.75, 3.05) is 19.0 Å². The first-order chi connectivity index (χ1) is 10.2. The molecule has 0 bridgehead atoms. The molecule has 0 saturated heterocycles. The Morgan fingerprint density at radius 3 is 2.52 bits per heavy atom. The summed E-state index contributed by atoms with van der Waals surface area (Å²) in [6.45, 7) is 4.69. The highest BCUT2D eigenvalue weighted by Crippen LogP contribution is 2.14. The maximum absolute atomic E-state index is 11.8. The van der Waals surface area contributed by atoms with Gasteiger partial charge in [-0.05, 0) is 37.6 Å². The number of carbonyl (C=O) groups excluding carboxylic acids is 1. The molecule has 118 valence electrons. The molecule has 1 rings (SSSR count). The van der Waals surface area contributed by atoms with E-state index in [0.717, 1.165) is 17.9 Å². The number of carbonyl (C=O) groups is 1. The highest BCUT2D eigenvalue weighted by Gasteiger charge is 2.06. The molecule has 0 heterocycles. The average Bonchev–Trinajstić information content (AvgIpc) is 2.50. The van der Waals surface area contributed by atoms with Crippen molar-refractivity contribution in [1.82, 2.24) is 5.32 Å². The molecule has 2 N–H and O–H groups in total. The van der Waals surface area contributed by atoms with Crippen LogP contribution < -0.4 is 15.4 Å². The molecule has 0 fully saturated rings. The van der Waals surface area contributed by atoms with E-state index in [1.807, 2.05) is 24.3 Å². The Labute approximate surface area is 128 Å². The highest BCUT2D eigenvalue weighted by molar-refractivity contribution is 5.92. The maximum Gasteiger partial charge on any atom is 0.238 e. The van der Waals surface area contributed by atoms with Gasteiger partial charge in [0.25, 0.3) is 0 Å². The predicted molar refractivity (Wildman–Crippen MR) is 87.8 cm³/mol. The van der Waals surface area contributed by atoms with Gasteiger partial charge in [-0.25, -0.2) is 0 Å². The van der Waals surface area contributed by atoms with Crippen molar-refractivity contribution in [2.24, 2.45) is 0 Å². The van der Waals surface area contributed by atoms with Crippen LogP contribution in [0.25, 0.3) is 0 Å². The highest BCUT2D eigenvalue weighted by atomic mass is 16.5. The van der Waals surface area contributed by atoms with Crippen LogP contribution in [0.3, 0.4) is 0 Å². The monoisotopic (exact) mass is 292 g/mol. The van der Waals surface area contributed by atoms with Crippen LogP contribution in [-0.2, 0) is 4.79 Å². The van der Waals surface area contributed by atoms with Gasteiger partial charge < -0.3 is 15.4 Å². The summed E-state index contributed by atoms with van der Waals surface area (Å²) in [5.41, 5.74) is 0.790. The second kappa shape index (κ2) is 10.2. The van der Waals surface area contributed by atoms with Crippen LogP contribution in [0.5, 0.6) is 5.75 Å². The van der Waals surface area contributed by atoms with E-state index < -0.39 is 0 Å². The number of benzene rings is 1. The SMILES string of the molecule is CCCCCCC(C)NCC(=O)Nc1ccc(OC)cc1. The summed E-state index contributed by atoms with van der Waals surface area (Å²) in [7, 11) is 1.62. The Hall–Kier alpha value is -1.55. The molecule has 0 aliphatic heterocycles. The molecule has 0 spiro atoms. The van der Waals surface area contributed by atoms with Crippen LogP contribution in [0.4, 0.5) is 5.69 Å². The molecule has 1 aromatic rings. The van der Waals surface area contributed by atoms with Crippen LogP contribution in [0, 0.1) is 0 Å². The predicted octanol–water partition coefficient (Wildman–Crippen LogP) is 3.58. The van der Waals surface area contributed by atoms with Crippen molar-refractivity contribution in [1.29, 1.82) is 0 Å². The third-order valence-electron chi connectivity index (χ3n) is 3.48. The number of nitrogens with one attached hydrogen (secondary N) is 2. The Bertz CT molecular complexity index is 404. The van der Waals surface area contributed by atoms with Crippen molar-refractivity contribution in [3.8, 4) is 5.75 Å². The normalized spacial score (nSPS) is 12.0. The molecule has 1 unspecified atom stereocenters. The van der Waals surface area contributed by atoms with Crippen molar-refractivity contribution in [3.63, 3.8) is 0 Å². The zero-order valence-corrected chi connectivity index (χ0v) is 13.4. The second-order valence-electron chi connectivity index (χ2n) is 5.41. The summed E-state index contributed by atoms with van der Waals surface area (Å²) in [5.74, 6) is 0.771. The fraction of sp³-hybridized carbons (Fsp3) is 0.588. The van der Waals surface area contributed by atoms with E-state index >= 15 is 0 Å². The molecule has 4 nitrogen and oxygen atoms in total. The number of methoxy groups -OCH3 is 1. The van der Waals surface area contributed by atoms with Gasteiger partial charge in [0, 0.05) is 11.7 Å². The first-order valence-electron chi connectivity index (χ1n) is 7.83. The zero-order valence-electron chi connectivity index (χ0n) is 13.4. The minimum Gasteiger partial charge on any atom is -0.497 e. The smallest absolute Gasteiger partial charge is 0.238 e. The number of amides is 1. The standard InChI is InChI=1S/C17H28N2O2/c1-4-5-6-7-8-14(2)18-13-17(20)19-15-9-11-16(21-3)12-10-15/h9-12,14,18H,4-8,13H2,1-3H3,(H,19,20). The minimum absolute atomic E-state index is 0.0134. The van der Waals surface area contributed by atoms with Gasteiger partial charge in [0.2, 0.25) is 5.91 Å². The lowest BCUT2D eigenvalue weighted by atomic mass is 10.1. The molecule has 0 aliphatic rings. The fourth-order valence-corrected chi connectivity index (χ4v) is 2.13. The summed E-state index contributed by atoms with van der Waals surface area (Å²) in [6, 6.07) is 7.72. The Kier molecular flexibility index (Phi) is 8.51. The van der Waals surface area contributed by atoms with Gasteiger partial charge in [-0.1, -0.05) is 32.6 Å². The van der Waals surface area contributed by atoms with Crippen LogP contribution in [0.2, 0.25) is 0 Å². The van der Waals surface area contributed by atoms with Gasteiger partial charge >= 0.3 is 0 Å². The van der Waals surface area contributed by atoms with Crippen LogP contribution in [0.1, 0.15) is 46.0 Å².